The summed E-state index contributed by atoms with van der Waals surface area (Å²) in [6.45, 7) is 8.74. The van der Waals surface area contributed by atoms with Crippen molar-refractivity contribution in [1.29, 1.82) is 0 Å². The molecule has 24 heavy (non-hydrogen) atoms. The number of likely N-dealkylation sites (tertiary alicyclic amines) is 1. The minimum Gasteiger partial charge on any atom is -0.478 e. The Morgan fingerprint density at radius 2 is 2.08 bits per heavy atom. The van der Waals surface area contributed by atoms with E-state index in [9.17, 15) is 9.90 Å². The van der Waals surface area contributed by atoms with Crippen LogP contribution < -0.4 is 5.32 Å². The Kier molecular flexibility index (Phi) is 4.48. The van der Waals surface area contributed by atoms with E-state index in [-0.39, 0.29) is 17.0 Å². The maximum Gasteiger partial charge on any atom is 0.338 e. The number of hydrogen-bond donors (Lipinski definition) is 3. The molecule has 2 aliphatic rings. The fourth-order valence-electron chi connectivity index (χ4n) is 4.72. The first-order valence-electron chi connectivity index (χ1n) is 8.60. The van der Waals surface area contributed by atoms with Gasteiger partial charge in [0.2, 0.25) is 5.95 Å². The third-order valence-corrected chi connectivity index (χ3v) is 5.50. The van der Waals surface area contributed by atoms with Gasteiger partial charge in [-0.1, -0.05) is 20.8 Å². The van der Waals surface area contributed by atoms with Gasteiger partial charge in [-0.05, 0) is 25.3 Å². The minimum atomic E-state index is -1.05. The maximum absolute atomic E-state index is 10.9. The molecule has 3 N–H and O–H groups in total. The second-order valence-electron chi connectivity index (χ2n) is 7.44. The Labute approximate surface area is 142 Å². The van der Waals surface area contributed by atoms with Gasteiger partial charge < -0.3 is 15.5 Å². The zero-order valence-corrected chi connectivity index (χ0v) is 14.4. The van der Waals surface area contributed by atoms with Crippen LogP contribution in [0.2, 0.25) is 0 Å². The lowest BCUT2D eigenvalue weighted by molar-refractivity contribution is -0.0961. The Morgan fingerprint density at radius 1 is 1.42 bits per heavy atom. The highest BCUT2D eigenvalue weighted by Crippen LogP contribution is 2.53. The SMILES string of the molecule is CCN1CC2(C[C@@H](O)[C@H](Nc3ncc(C(=O)O)cn3)C2)C1C(C)C. The molecule has 3 rings (SSSR count). The molecule has 1 aromatic heterocycles. The van der Waals surface area contributed by atoms with Crippen LogP contribution in [0.15, 0.2) is 12.4 Å². The molecule has 1 aromatic rings. The van der Waals surface area contributed by atoms with Gasteiger partial charge in [-0.3, -0.25) is 4.90 Å². The molecule has 132 valence electrons. The van der Waals surface area contributed by atoms with E-state index in [4.69, 9.17) is 5.11 Å². The highest BCUT2D eigenvalue weighted by molar-refractivity contribution is 5.86. The number of nitrogens with zero attached hydrogens (tertiary/aromatic N) is 3. The van der Waals surface area contributed by atoms with Crippen molar-refractivity contribution in [3.05, 3.63) is 18.0 Å². The summed E-state index contributed by atoms with van der Waals surface area (Å²) < 4.78 is 0. The summed E-state index contributed by atoms with van der Waals surface area (Å²) in [6.07, 6.45) is 3.81. The quantitative estimate of drug-likeness (QED) is 0.749. The van der Waals surface area contributed by atoms with Crippen molar-refractivity contribution < 1.29 is 15.0 Å². The molecule has 2 unspecified atom stereocenters. The fourth-order valence-corrected chi connectivity index (χ4v) is 4.72. The largest absolute Gasteiger partial charge is 0.478 e. The number of aliphatic hydroxyl groups excluding tert-OH is 1. The van der Waals surface area contributed by atoms with Gasteiger partial charge in [-0.15, -0.1) is 0 Å². The van der Waals surface area contributed by atoms with Gasteiger partial charge in [-0.2, -0.15) is 0 Å². The lowest BCUT2D eigenvalue weighted by Crippen LogP contribution is -2.65. The van der Waals surface area contributed by atoms with Crippen molar-refractivity contribution in [2.75, 3.05) is 18.4 Å². The van der Waals surface area contributed by atoms with Gasteiger partial charge in [0, 0.05) is 30.4 Å². The van der Waals surface area contributed by atoms with Gasteiger partial charge in [0.15, 0.2) is 0 Å². The molecule has 1 spiro atoms. The molecular weight excluding hydrogens is 308 g/mol. The lowest BCUT2D eigenvalue weighted by atomic mass is 9.65. The van der Waals surface area contributed by atoms with Crippen molar-refractivity contribution in [1.82, 2.24) is 14.9 Å². The Hall–Kier alpha value is -1.73. The molecule has 0 aromatic carbocycles. The Balaban J connectivity index is 1.69. The van der Waals surface area contributed by atoms with Crippen molar-refractivity contribution in [3.63, 3.8) is 0 Å². The van der Waals surface area contributed by atoms with Crippen LogP contribution in [0.5, 0.6) is 0 Å². The summed E-state index contributed by atoms with van der Waals surface area (Å²) in [5.74, 6) is -0.125. The van der Waals surface area contributed by atoms with E-state index in [0.717, 1.165) is 25.9 Å². The second kappa shape index (κ2) is 6.29. The van der Waals surface area contributed by atoms with E-state index in [1.54, 1.807) is 0 Å². The smallest absolute Gasteiger partial charge is 0.338 e. The predicted molar refractivity (Wildman–Crippen MR) is 89.9 cm³/mol. The first-order chi connectivity index (χ1) is 11.4. The maximum atomic E-state index is 10.9. The molecule has 0 amide bonds. The highest BCUT2D eigenvalue weighted by Gasteiger charge is 2.58. The van der Waals surface area contributed by atoms with Crippen LogP contribution in [0.25, 0.3) is 0 Å². The number of rotatable bonds is 5. The van der Waals surface area contributed by atoms with Gasteiger partial charge in [0.25, 0.3) is 0 Å². The number of aromatic nitrogens is 2. The number of anilines is 1. The van der Waals surface area contributed by atoms with E-state index in [1.807, 2.05) is 0 Å². The third-order valence-electron chi connectivity index (χ3n) is 5.50. The highest BCUT2D eigenvalue weighted by atomic mass is 16.4. The number of carboxylic acids is 1. The van der Waals surface area contributed by atoms with Crippen molar-refractivity contribution in [2.45, 2.75) is 51.8 Å². The van der Waals surface area contributed by atoms with E-state index in [1.165, 1.54) is 12.4 Å². The molecule has 1 saturated carbocycles. The summed E-state index contributed by atoms with van der Waals surface area (Å²) in [4.78, 5) is 21.4. The van der Waals surface area contributed by atoms with Gasteiger partial charge in [0.1, 0.15) is 0 Å². The van der Waals surface area contributed by atoms with Crippen LogP contribution in [0, 0.1) is 11.3 Å². The van der Waals surface area contributed by atoms with E-state index in [2.05, 4.69) is 41.0 Å². The summed E-state index contributed by atoms with van der Waals surface area (Å²) in [6, 6.07) is 0.403. The molecule has 1 aliphatic carbocycles. The number of aromatic carboxylic acids is 1. The lowest BCUT2D eigenvalue weighted by Gasteiger charge is -2.58. The van der Waals surface area contributed by atoms with Gasteiger partial charge in [-0.25, -0.2) is 14.8 Å². The minimum absolute atomic E-state index is 0.0569. The van der Waals surface area contributed by atoms with Crippen LogP contribution in [0.1, 0.15) is 44.0 Å². The Morgan fingerprint density at radius 3 is 2.62 bits per heavy atom. The normalized spacial score (nSPS) is 33.0. The van der Waals surface area contributed by atoms with Crippen molar-refractivity contribution in [3.8, 4) is 0 Å². The van der Waals surface area contributed by atoms with Crippen molar-refractivity contribution >= 4 is 11.9 Å². The molecular formula is C17H26N4O3. The van der Waals surface area contributed by atoms with Crippen LogP contribution >= 0.6 is 0 Å². The average Bonchev–Trinajstić information content (AvgIpc) is 2.83. The van der Waals surface area contributed by atoms with Gasteiger partial charge in [0.05, 0.1) is 17.7 Å². The molecule has 2 fully saturated rings. The summed E-state index contributed by atoms with van der Waals surface area (Å²) in [7, 11) is 0. The molecule has 1 saturated heterocycles. The van der Waals surface area contributed by atoms with Crippen LogP contribution in [-0.2, 0) is 0 Å². The number of carboxylic acid groups (broad SMARTS) is 1. The van der Waals surface area contributed by atoms with Gasteiger partial charge >= 0.3 is 5.97 Å². The topological polar surface area (TPSA) is 98.6 Å². The number of hydrogen-bond acceptors (Lipinski definition) is 6. The van der Waals surface area contributed by atoms with Crippen LogP contribution in [0.4, 0.5) is 5.95 Å². The van der Waals surface area contributed by atoms with E-state index >= 15 is 0 Å². The predicted octanol–water partition coefficient (Wildman–Crippen LogP) is 1.46. The molecule has 0 bridgehead atoms. The average molecular weight is 334 g/mol. The first-order valence-corrected chi connectivity index (χ1v) is 8.60. The second-order valence-corrected chi connectivity index (χ2v) is 7.44. The number of nitrogens with one attached hydrogen (secondary N) is 1. The monoisotopic (exact) mass is 334 g/mol. The first kappa shape index (κ1) is 17.1. The molecule has 1 aliphatic heterocycles. The zero-order valence-electron chi connectivity index (χ0n) is 14.4. The number of aliphatic hydroxyl groups is 1. The van der Waals surface area contributed by atoms with Crippen LogP contribution in [0.3, 0.4) is 0 Å². The summed E-state index contributed by atoms with van der Waals surface area (Å²) in [5.41, 5.74) is 0.212. The number of carbonyl (C=O) groups is 1. The Bertz CT molecular complexity index is 606. The standard InChI is InChI=1S/C17H26N4O3/c1-4-21-9-17(14(21)10(2)3)5-12(13(22)6-17)20-16-18-7-11(8-19-16)15(23)24/h7-8,10,12-14,22H,4-6,9H2,1-3H3,(H,23,24)(H,18,19,20)/t12-,13-,14?,17?/m1/s1. The molecule has 2 heterocycles. The molecule has 7 heteroatoms. The van der Waals surface area contributed by atoms with E-state index in [0.29, 0.717) is 17.9 Å². The molecule has 4 atom stereocenters. The summed E-state index contributed by atoms with van der Waals surface area (Å²) in [5, 5.41) is 22.6. The molecule has 0 radical (unpaired) electrons. The zero-order chi connectivity index (χ0) is 17.5. The fraction of sp³-hybridized carbons (Fsp3) is 0.706. The molecule has 7 nitrogen and oxygen atoms in total. The summed E-state index contributed by atoms with van der Waals surface area (Å²) >= 11 is 0. The van der Waals surface area contributed by atoms with Crippen LogP contribution in [-0.4, -0.2) is 62.3 Å². The third kappa shape index (κ3) is 2.86. The van der Waals surface area contributed by atoms with Crippen molar-refractivity contribution in [2.24, 2.45) is 11.3 Å². The van der Waals surface area contributed by atoms with E-state index < -0.39 is 12.1 Å².